The van der Waals surface area contributed by atoms with Crippen LogP contribution in [0.25, 0.3) is 11.2 Å². The first kappa shape index (κ1) is 25.4. The number of pyridine rings is 1. The summed E-state index contributed by atoms with van der Waals surface area (Å²) >= 11 is 0. The highest BCUT2D eigenvalue weighted by molar-refractivity contribution is 5.96. The number of nitrogens with one attached hydrogen (secondary N) is 2. The predicted molar refractivity (Wildman–Crippen MR) is 134 cm³/mol. The van der Waals surface area contributed by atoms with Crippen molar-refractivity contribution >= 4 is 29.0 Å². The zero-order chi connectivity index (χ0) is 26.9. The van der Waals surface area contributed by atoms with Gasteiger partial charge in [0.05, 0.1) is 6.33 Å². The number of anilines is 1. The first-order valence-corrected chi connectivity index (χ1v) is 13.0. The molecule has 0 spiro atoms. The number of amides is 2. The van der Waals surface area contributed by atoms with Crippen molar-refractivity contribution in [2.24, 2.45) is 0 Å². The van der Waals surface area contributed by atoms with E-state index in [-0.39, 0.29) is 35.9 Å². The number of carboxylic acids is 1. The number of carbonyl (C=O) groups is 2. The second-order valence-electron chi connectivity index (χ2n) is 9.70. The van der Waals surface area contributed by atoms with Crippen molar-refractivity contribution in [3.63, 3.8) is 0 Å². The maximum Gasteiger partial charge on any atom is 0.341 e. The molecule has 5 heterocycles. The van der Waals surface area contributed by atoms with Crippen LogP contribution in [0.5, 0.6) is 5.88 Å². The van der Waals surface area contributed by atoms with E-state index < -0.39 is 36.8 Å². The Kier molecular flexibility index (Phi) is 6.97. The molecule has 14 nitrogen and oxygen atoms in total. The van der Waals surface area contributed by atoms with Crippen LogP contribution in [0, 0.1) is 0 Å². The van der Waals surface area contributed by atoms with Crippen LogP contribution in [0.15, 0.2) is 31.0 Å². The number of imidazole rings is 1. The first-order chi connectivity index (χ1) is 19.0. The molecule has 3 fully saturated rings. The van der Waals surface area contributed by atoms with Gasteiger partial charge in [-0.3, -0.25) is 9.88 Å². The molecule has 6 rings (SSSR count). The fourth-order valence-corrected chi connectivity index (χ4v) is 5.31. The van der Waals surface area contributed by atoms with E-state index in [1.165, 1.54) is 24.7 Å². The minimum Gasteiger partial charge on any atom is -0.477 e. The van der Waals surface area contributed by atoms with Crippen molar-refractivity contribution in [2.45, 2.75) is 75.9 Å². The van der Waals surface area contributed by atoms with Crippen LogP contribution in [0.1, 0.15) is 55.6 Å². The molecule has 206 valence electrons. The molecule has 14 heteroatoms. The van der Waals surface area contributed by atoms with Gasteiger partial charge in [-0.15, -0.1) is 0 Å². The number of hydrogen-bond acceptors (Lipinski definition) is 10. The van der Waals surface area contributed by atoms with Crippen molar-refractivity contribution in [2.75, 3.05) is 11.9 Å². The molecule has 0 radical (unpaired) electrons. The van der Waals surface area contributed by atoms with E-state index in [0.717, 1.165) is 25.7 Å². The lowest BCUT2D eigenvalue weighted by molar-refractivity contribution is -0.149. The summed E-state index contributed by atoms with van der Waals surface area (Å²) in [6.07, 6.45) is 6.49. The second kappa shape index (κ2) is 10.7. The van der Waals surface area contributed by atoms with Crippen LogP contribution in [0.3, 0.4) is 0 Å². The molecule has 3 aromatic rings. The monoisotopic (exact) mass is 539 g/mol. The Hall–Kier alpha value is -3.88. The summed E-state index contributed by atoms with van der Waals surface area (Å²) in [6, 6.07) is 2.78. The lowest BCUT2D eigenvalue weighted by Gasteiger charge is -2.21. The molecule has 2 aliphatic heterocycles. The Morgan fingerprint density at radius 1 is 1.13 bits per heavy atom. The SMILES string of the molecule is CCC1OC2C(COc3ncccc3C(=O)O)OC(n3cnc4c(NC(=O)NC5CCCC5)ncnc43)C2O1. The molecular formula is C25H29N7O7. The fourth-order valence-electron chi connectivity index (χ4n) is 5.31. The van der Waals surface area contributed by atoms with Gasteiger partial charge in [-0.2, -0.15) is 0 Å². The van der Waals surface area contributed by atoms with E-state index in [1.54, 1.807) is 10.9 Å². The minimum absolute atomic E-state index is 0.00743. The number of carbonyl (C=O) groups excluding carboxylic acids is 1. The zero-order valence-corrected chi connectivity index (χ0v) is 21.2. The lowest BCUT2D eigenvalue weighted by atomic mass is 10.1. The first-order valence-electron chi connectivity index (χ1n) is 13.0. The highest BCUT2D eigenvalue weighted by Crippen LogP contribution is 2.41. The number of urea groups is 1. The smallest absolute Gasteiger partial charge is 0.341 e. The van der Waals surface area contributed by atoms with Crippen LogP contribution in [-0.2, 0) is 14.2 Å². The van der Waals surface area contributed by atoms with Crippen molar-refractivity contribution in [1.82, 2.24) is 29.8 Å². The van der Waals surface area contributed by atoms with E-state index >= 15 is 0 Å². The van der Waals surface area contributed by atoms with Gasteiger partial charge in [0.2, 0.25) is 5.88 Å². The topological polar surface area (TPSA) is 172 Å². The van der Waals surface area contributed by atoms with Gasteiger partial charge in [-0.05, 0) is 31.4 Å². The van der Waals surface area contributed by atoms with Crippen molar-refractivity contribution in [1.29, 1.82) is 0 Å². The second-order valence-corrected chi connectivity index (χ2v) is 9.70. The Bertz CT molecular complexity index is 1360. The molecule has 3 aliphatic rings. The number of rotatable bonds is 8. The Morgan fingerprint density at radius 2 is 1.95 bits per heavy atom. The van der Waals surface area contributed by atoms with E-state index in [4.69, 9.17) is 18.9 Å². The molecule has 39 heavy (non-hydrogen) atoms. The quantitative estimate of drug-likeness (QED) is 0.384. The number of fused-ring (bicyclic) bond motifs is 2. The van der Waals surface area contributed by atoms with Gasteiger partial charge >= 0.3 is 12.0 Å². The molecule has 1 aliphatic carbocycles. The highest BCUT2D eigenvalue weighted by atomic mass is 16.8. The molecule has 0 bridgehead atoms. The number of aromatic carboxylic acids is 1. The minimum atomic E-state index is -1.14. The standard InChI is InChI=1S/C25H29N7O7/c1-2-16-38-18-15(10-36-22-14(24(33)34)8-5-9-26-22)37-23(19(18)39-16)32-12-29-17-20(27-11-28-21(17)32)31-25(35)30-13-6-3-4-7-13/h5,8-9,11-13,15-16,18-19,23H,2-4,6-7,10H2,1H3,(H,33,34)(H2,27,28,30,31,35). The molecule has 0 aromatic carbocycles. The molecule has 3 aromatic heterocycles. The summed E-state index contributed by atoms with van der Waals surface area (Å²) in [5, 5.41) is 15.2. The van der Waals surface area contributed by atoms with Gasteiger partial charge in [-0.1, -0.05) is 19.8 Å². The summed E-state index contributed by atoms with van der Waals surface area (Å²) in [7, 11) is 0. The Labute approximate surface area is 223 Å². The van der Waals surface area contributed by atoms with Gasteiger partial charge in [0, 0.05) is 12.2 Å². The molecular weight excluding hydrogens is 510 g/mol. The Balaban J connectivity index is 1.22. The van der Waals surface area contributed by atoms with Gasteiger partial charge in [0.25, 0.3) is 0 Å². The van der Waals surface area contributed by atoms with E-state index in [1.807, 2.05) is 6.92 Å². The van der Waals surface area contributed by atoms with Crippen LogP contribution < -0.4 is 15.4 Å². The molecule has 5 unspecified atom stereocenters. The van der Waals surface area contributed by atoms with E-state index in [0.29, 0.717) is 17.6 Å². The third kappa shape index (κ3) is 4.97. The van der Waals surface area contributed by atoms with Gasteiger partial charge < -0.3 is 29.4 Å². The van der Waals surface area contributed by atoms with Gasteiger partial charge in [-0.25, -0.2) is 29.5 Å². The molecule has 2 amide bonds. The normalized spacial score (nSPS) is 26.5. The number of aromatic nitrogens is 5. The summed E-state index contributed by atoms with van der Waals surface area (Å²) in [4.78, 5) is 41.2. The van der Waals surface area contributed by atoms with Crippen molar-refractivity contribution in [3.8, 4) is 5.88 Å². The average molecular weight is 540 g/mol. The van der Waals surface area contributed by atoms with Crippen molar-refractivity contribution < 1.29 is 33.6 Å². The maximum atomic E-state index is 12.6. The van der Waals surface area contributed by atoms with E-state index in [2.05, 4.69) is 30.6 Å². The largest absolute Gasteiger partial charge is 0.477 e. The molecule has 1 saturated carbocycles. The van der Waals surface area contributed by atoms with Gasteiger partial charge in [0.1, 0.15) is 36.8 Å². The molecule has 3 N–H and O–H groups in total. The third-order valence-electron chi connectivity index (χ3n) is 7.18. The highest BCUT2D eigenvalue weighted by Gasteiger charge is 2.53. The summed E-state index contributed by atoms with van der Waals surface area (Å²) < 4.78 is 26.1. The predicted octanol–water partition coefficient (Wildman–Crippen LogP) is 2.48. The van der Waals surface area contributed by atoms with Crippen LogP contribution >= 0.6 is 0 Å². The fraction of sp³-hybridized carbons (Fsp3) is 0.520. The number of ether oxygens (including phenoxy) is 4. The summed E-state index contributed by atoms with van der Waals surface area (Å²) in [5.74, 6) is -0.861. The lowest BCUT2D eigenvalue weighted by Crippen LogP contribution is -2.36. The number of carboxylic acid groups (broad SMARTS) is 1. The third-order valence-corrected chi connectivity index (χ3v) is 7.18. The van der Waals surface area contributed by atoms with Crippen LogP contribution in [0.4, 0.5) is 10.6 Å². The zero-order valence-electron chi connectivity index (χ0n) is 21.2. The van der Waals surface area contributed by atoms with Gasteiger partial charge in [0.15, 0.2) is 29.5 Å². The maximum absolute atomic E-state index is 12.6. The van der Waals surface area contributed by atoms with Crippen LogP contribution in [0.2, 0.25) is 0 Å². The number of nitrogens with zero attached hydrogens (tertiary/aromatic N) is 5. The summed E-state index contributed by atoms with van der Waals surface area (Å²) in [6.45, 7) is 1.94. The summed E-state index contributed by atoms with van der Waals surface area (Å²) in [5.41, 5.74) is 0.810. The van der Waals surface area contributed by atoms with Crippen LogP contribution in [-0.4, -0.2) is 78.9 Å². The Morgan fingerprint density at radius 3 is 2.74 bits per heavy atom. The molecule has 2 saturated heterocycles. The number of hydrogen-bond donors (Lipinski definition) is 3. The van der Waals surface area contributed by atoms with Crippen molar-refractivity contribution in [3.05, 3.63) is 36.5 Å². The average Bonchev–Trinajstić information content (AvgIpc) is 3.72. The van der Waals surface area contributed by atoms with E-state index in [9.17, 15) is 14.7 Å². The molecule has 5 atom stereocenters.